The minimum Gasteiger partial charge on any atom is -0.495 e. The van der Waals surface area contributed by atoms with E-state index in [1.807, 2.05) is 18.2 Å². The van der Waals surface area contributed by atoms with Gasteiger partial charge in [-0.1, -0.05) is 0 Å². The van der Waals surface area contributed by atoms with E-state index < -0.39 is 6.04 Å². The van der Waals surface area contributed by atoms with Crippen LogP contribution in [0.25, 0.3) is 0 Å². The summed E-state index contributed by atoms with van der Waals surface area (Å²) in [5.74, 6) is 0.383. The van der Waals surface area contributed by atoms with Crippen molar-refractivity contribution in [2.24, 2.45) is 0 Å². The van der Waals surface area contributed by atoms with Gasteiger partial charge in [-0.15, -0.1) is 0 Å². The first-order chi connectivity index (χ1) is 10.9. The minimum atomic E-state index is -0.443. The maximum atomic E-state index is 11.6. The Labute approximate surface area is 137 Å². The van der Waals surface area contributed by atoms with E-state index in [9.17, 15) is 4.79 Å². The van der Waals surface area contributed by atoms with E-state index >= 15 is 0 Å². The average molecular weight is 322 g/mol. The van der Waals surface area contributed by atoms with Gasteiger partial charge in [0.05, 0.1) is 32.1 Å². The van der Waals surface area contributed by atoms with Crippen molar-refractivity contribution in [2.45, 2.75) is 32.4 Å². The smallest absolute Gasteiger partial charge is 0.327 e. The third-order valence-electron chi connectivity index (χ3n) is 3.90. The summed E-state index contributed by atoms with van der Waals surface area (Å²) in [4.78, 5) is 13.8. The Morgan fingerprint density at radius 3 is 2.74 bits per heavy atom. The molecule has 0 unspecified atom stereocenters. The molecule has 1 saturated heterocycles. The Hall–Kier alpha value is -1.95. The summed E-state index contributed by atoms with van der Waals surface area (Å²) in [6, 6.07) is 5.49. The van der Waals surface area contributed by atoms with Gasteiger partial charge in [0.15, 0.2) is 0 Å². The first kappa shape index (κ1) is 17.4. The summed E-state index contributed by atoms with van der Waals surface area (Å²) in [5, 5.41) is 3.12. The molecule has 2 rings (SSSR count). The molecule has 0 bridgehead atoms. The van der Waals surface area contributed by atoms with Gasteiger partial charge in [0.1, 0.15) is 11.8 Å². The van der Waals surface area contributed by atoms with Gasteiger partial charge < -0.3 is 24.4 Å². The Morgan fingerprint density at radius 2 is 2.13 bits per heavy atom. The van der Waals surface area contributed by atoms with Crippen molar-refractivity contribution in [1.82, 2.24) is 0 Å². The zero-order valence-corrected chi connectivity index (χ0v) is 14.5. The third-order valence-corrected chi connectivity index (χ3v) is 3.90. The van der Waals surface area contributed by atoms with E-state index in [1.54, 1.807) is 14.0 Å². The van der Waals surface area contributed by atoms with Crippen LogP contribution < -0.4 is 15.0 Å². The zero-order valence-electron chi connectivity index (χ0n) is 14.5. The van der Waals surface area contributed by atoms with E-state index in [2.05, 4.69) is 24.1 Å². The van der Waals surface area contributed by atoms with Gasteiger partial charge in [-0.25, -0.2) is 4.79 Å². The molecular formula is C17H26N2O4. The monoisotopic (exact) mass is 322 g/mol. The number of morpholine rings is 1. The molecule has 1 fully saturated rings. The second kappa shape index (κ2) is 7.08. The van der Waals surface area contributed by atoms with Crippen LogP contribution in [0.3, 0.4) is 0 Å². The van der Waals surface area contributed by atoms with Crippen LogP contribution in [0.1, 0.15) is 20.8 Å². The highest BCUT2D eigenvalue weighted by atomic mass is 16.5. The molecule has 1 aliphatic rings. The second-order valence-electron chi connectivity index (χ2n) is 6.30. The fourth-order valence-corrected chi connectivity index (χ4v) is 2.70. The van der Waals surface area contributed by atoms with Crippen molar-refractivity contribution in [3.8, 4) is 5.75 Å². The number of nitrogens with zero attached hydrogens (tertiary/aromatic N) is 1. The molecule has 6 heteroatoms. The Bertz CT molecular complexity index is 560. The number of anilines is 2. The van der Waals surface area contributed by atoms with E-state index in [1.165, 1.54) is 7.11 Å². The predicted octanol–water partition coefficient (Wildman–Crippen LogP) is 2.28. The molecule has 1 atom stereocenters. The number of rotatable bonds is 5. The maximum Gasteiger partial charge on any atom is 0.327 e. The van der Waals surface area contributed by atoms with Gasteiger partial charge in [0.2, 0.25) is 0 Å². The van der Waals surface area contributed by atoms with E-state index in [-0.39, 0.29) is 11.6 Å². The molecule has 23 heavy (non-hydrogen) atoms. The third kappa shape index (κ3) is 4.28. The SMILES string of the molecule is COC(=O)[C@@H](C)Nc1ccc(N2CCOC(C)(C)C2)cc1OC. The molecule has 1 aromatic rings. The van der Waals surface area contributed by atoms with Gasteiger partial charge >= 0.3 is 5.97 Å². The number of methoxy groups -OCH3 is 2. The summed E-state index contributed by atoms with van der Waals surface area (Å²) in [6.45, 7) is 8.30. The molecule has 6 nitrogen and oxygen atoms in total. The molecule has 0 spiro atoms. The summed E-state index contributed by atoms with van der Waals surface area (Å²) < 4.78 is 16.0. The van der Waals surface area contributed by atoms with Crippen molar-refractivity contribution in [3.05, 3.63) is 18.2 Å². The molecular weight excluding hydrogens is 296 g/mol. The molecule has 1 heterocycles. The largest absolute Gasteiger partial charge is 0.495 e. The standard InChI is InChI=1S/C17H26N2O4/c1-12(16(20)22-5)18-14-7-6-13(10-15(14)21-4)19-8-9-23-17(2,3)11-19/h6-7,10,12,18H,8-9,11H2,1-5H3/t12-/m1/s1. The van der Waals surface area contributed by atoms with E-state index in [0.29, 0.717) is 12.4 Å². The van der Waals surface area contributed by atoms with Crippen LogP contribution in [0.5, 0.6) is 5.75 Å². The van der Waals surface area contributed by atoms with Crippen LogP contribution >= 0.6 is 0 Å². The first-order valence-electron chi connectivity index (χ1n) is 7.77. The maximum absolute atomic E-state index is 11.6. The average Bonchev–Trinajstić information content (AvgIpc) is 2.53. The van der Waals surface area contributed by atoms with Crippen molar-refractivity contribution < 1.29 is 19.0 Å². The highest BCUT2D eigenvalue weighted by Crippen LogP contribution is 2.32. The Kier molecular flexibility index (Phi) is 5.36. The number of ether oxygens (including phenoxy) is 3. The van der Waals surface area contributed by atoms with Gasteiger partial charge in [-0.05, 0) is 32.9 Å². The lowest BCUT2D eigenvalue weighted by atomic mass is 10.1. The van der Waals surface area contributed by atoms with E-state index in [0.717, 1.165) is 24.5 Å². The van der Waals surface area contributed by atoms with Gasteiger partial charge in [0, 0.05) is 24.8 Å². The molecule has 128 valence electrons. The van der Waals surface area contributed by atoms with Crippen LogP contribution in [0.4, 0.5) is 11.4 Å². The van der Waals surface area contributed by atoms with Crippen molar-refractivity contribution in [2.75, 3.05) is 44.1 Å². The zero-order chi connectivity index (χ0) is 17.0. The lowest BCUT2D eigenvalue weighted by Gasteiger charge is -2.39. The molecule has 0 radical (unpaired) electrons. The van der Waals surface area contributed by atoms with Crippen molar-refractivity contribution in [1.29, 1.82) is 0 Å². The molecule has 0 amide bonds. The molecule has 0 saturated carbocycles. The number of carbonyl (C=O) groups is 1. The van der Waals surface area contributed by atoms with Crippen molar-refractivity contribution in [3.63, 3.8) is 0 Å². The fourth-order valence-electron chi connectivity index (χ4n) is 2.70. The topological polar surface area (TPSA) is 60.0 Å². The quantitative estimate of drug-likeness (QED) is 0.839. The number of hydrogen-bond donors (Lipinski definition) is 1. The second-order valence-corrected chi connectivity index (χ2v) is 6.30. The summed E-state index contributed by atoms with van der Waals surface area (Å²) >= 11 is 0. The summed E-state index contributed by atoms with van der Waals surface area (Å²) in [6.07, 6.45) is 0. The predicted molar refractivity (Wildman–Crippen MR) is 90.3 cm³/mol. The Morgan fingerprint density at radius 1 is 1.39 bits per heavy atom. The van der Waals surface area contributed by atoms with Gasteiger partial charge in [0.25, 0.3) is 0 Å². The molecule has 1 aliphatic heterocycles. The molecule has 0 aromatic heterocycles. The van der Waals surface area contributed by atoms with Crippen LogP contribution in [-0.2, 0) is 14.3 Å². The summed E-state index contributed by atoms with van der Waals surface area (Å²) in [5.41, 5.74) is 1.68. The lowest BCUT2D eigenvalue weighted by Crippen LogP contribution is -2.48. The molecule has 0 aliphatic carbocycles. The number of benzene rings is 1. The number of hydrogen-bond acceptors (Lipinski definition) is 6. The first-order valence-corrected chi connectivity index (χ1v) is 7.77. The van der Waals surface area contributed by atoms with Crippen LogP contribution in [0.2, 0.25) is 0 Å². The Balaban J connectivity index is 2.17. The molecule has 1 N–H and O–H groups in total. The van der Waals surface area contributed by atoms with E-state index in [4.69, 9.17) is 14.2 Å². The van der Waals surface area contributed by atoms with Gasteiger partial charge in [-0.3, -0.25) is 0 Å². The fraction of sp³-hybridized carbons (Fsp3) is 0.588. The highest BCUT2D eigenvalue weighted by molar-refractivity contribution is 5.80. The van der Waals surface area contributed by atoms with Crippen LogP contribution in [0, 0.1) is 0 Å². The van der Waals surface area contributed by atoms with Gasteiger partial charge in [-0.2, -0.15) is 0 Å². The molecule has 1 aromatic carbocycles. The normalized spacial score (nSPS) is 18.2. The van der Waals surface area contributed by atoms with Crippen LogP contribution in [-0.4, -0.2) is 51.5 Å². The highest BCUT2D eigenvalue weighted by Gasteiger charge is 2.27. The lowest BCUT2D eigenvalue weighted by molar-refractivity contribution is -0.141. The number of nitrogens with one attached hydrogen (secondary N) is 1. The van der Waals surface area contributed by atoms with Crippen LogP contribution in [0.15, 0.2) is 18.2 Å². The number of carbonyl (C=O) groups excluding carboxylic acids is 1. The minimum absolute atomic E-state index is 0.165. The van der Waals surface area contributed by atoms with Crippen molar-refractivity contribution >= 4 is 17.3 Å². The summed E-state index contributed by atoms with van der Waals surface area (Å²) in [7, 11) is 3.00. The number of esters is 1.